The number of esters is 3. The molecule has 0 spiro atoms. The lowest BCUT2D eigenvalue weighted by molar-refractivity contribution is -0.167. The molecule has 0 amide bonds. The fourth-order valence-corrected chi connectivity index (χ4v) is 8.19. The standard InChI is InChI=1S/C61H108O6/c1-4-7-10-13-16-19-22-25-27-28-29-30-31-32-33-34-35-37-39-42-45-48-51-54-60(63)66-57-58(56-65-59(62)53-50-47-44-41-38-24-21-18-15-12-9-6-3)67-61(64)55-52-49-46-43-40-36-26-23-20-17-14-11-8-5-2/h7,10,16,18-19,21,25,27,29-30,58H,4-6,8-9,11-15,17,20,22-24,26,28,31-57H2,1-3H3/b10-7-,19-16-,21-18-,27-25-,30-29-. The number of carbonyl (C=O) groups excluding carboxylic acids is 3. The lowest BCUT2D eigenvalue weighted by Gasteiger charge is -2.18. The van der Waals surface area contributed by atoms with Crippen LogP contribution in [-0.2, 0) is 28.6 Å². The number of ether oxygens (including phenoxy) is 3. The fourth-order valence-electron chi connectivity index (χ4n) is 8.19. The number of unbranched alkanes of at least 4 members (excludes halogenated alkanes) is 31. The van der Waals surface area contributed by atoms with Crippen molar-refractivity contribution in [2.75, 3.05) is 13.2 Å². The summed E-state index contributed by atoms with van der Waals surface area (Å²) in [6.07, 6.45) is 69.2. The Bertz CT molecular complexity index is 1210. The smallest absolute Gasteiger partial charge is 0.306 e. The van der Waals surface area contributed by atoms with Gasteiger partial charge in [-0.15, -0.1) is 0 Å². The van der Waals surface area contributed by atoms with E-state index in [1.54, 1.807) is 0 Å². The summed E-state index contributed by atoms with van der Waals surface area (Å²) < 4.78 is 16.9. The summed E-state index contributed by atoms with van der Waals surface area (Å²) >= 11 is 0. The molecule has 1 unspecified atom stereocenters. The molecule has 1 atom stereocenters. The van der Waals surface area contributed by atoms with Gasteiger partial charge in [-0.05, 0) is 83.5 Å². The summed E-state index contributed by atoms with van der Waals surface area (Å²) in [6, 6.07) is 0. The van der Waals surface area contributed by atoms with Crippen molar-refractivity contribution in [3.8, 4) is 0 Å². The average molecular weight is 938 g/mol. The van der Waals surface area contributed by atoms with Gasteiger partial charge in [0, 0.05) is 19.3 Å². The lowest BCUT2D eigenvalue weighted by atomic mass is 10.0. The Kier molecular flexibility index (Phi) is 53.3. The van der Waals surface area contributed by atoms with Crippen molar-refractivity contribution < 1.29 is 28.6 Å². The van der Waals surface area contributed by atoms with E-state index in [-0.39, 0.29) is 31.1 Å². The van der Waals surface area contributed by atoms with Crippen LogP contribution in [0.25, 0.3) is 0 Å². The van der Waals surface area contributed by atoms with E-state index in [1.807, 2.05) is 0 Å². The molecule has 388 valence electrons. The van der Waals surface area contributed by atoms with E-state index in [4.69, 9.17) is 14.2 Å². The second kappa shape index (κ2) is 55.7. The predicted octanol–water partition coefficient (Wildman–Crippen LogP) is 19.2. The normalized spacial score (nSPS) is 12.5. The Balaban J connectivity index is 4.29. The van der Waals surface area contributed by atoms with Gasteiger partial charge in [-0.25, -0.2) is 0 Å². The zero-order valence-electron chi connectivity index (χ0n) is 44.4. The number of carbonyl (C=O) groups is 3. The maximum atomic E-state index is 12.8. The quantitative estimate of drug-likeness (QED) is 0.0262. The van der Waals surface area contributed by atoms with Crippen LogP contribution >= 0.6 is 0 Å². The van der Waals surface area contributed by atoms with Gasteiger partial charge in [0.1, 0.15) is 13.2 Å². The molecule has 0 saturated carbocycles. The minimum atomic E-state index is -0.776. The van der Waals surface area contributed by atoms with Gasteiger partial charge in [-0.3, -0.25) is 14.4 Å². The summed E-state index contributed by atoms with van der Waals surface area (Å²) in [6.45, 7) is 6.52. The Morgan fingerprint density at radius 2 is 0.582 bits per heavy atom. The molecule has 0 aromatic heterocycles. The third-order valence-corrected chi connectivity index (χ3v) is 12.5. The highest BCUT2D eigenvalue weighted by atomic mass is 16.6. The second-order valence-corrected chi connectivity index (χ2v) is 19.2. The summed E-state index contributed by atoms with van der Waals surface area (Å²) in [4.78, 5) is 38.1. The third kappa shape index (κ3) is 53.9. The summed E-state index contributed by atoms with van der Waals surface area (Å²) in [7, 11) is 0. The first-order valence-electron chi connectivity index (χ1n) is 28.8. The molecular weight excluding hydrogens is 829 g/mol. The van der Waals surface area contributed by atoms with Crippen molar-refractivity contribution in [1.29, 1.82) is 0 Å². The molecule has 0 aliphatic heterocycles. The Hall–Kier alpha value is -2.89. The van der Waals surface area contributed by atoms with Crippen LogP contribution in [0.1, 0.15) is 290 Å². The van der Waals surface area contributed by atoms with E-state index in [9.17, 15) is 14.4 Å². The van der Waals surface area contributed by atoms with E-state index in [2.05, 4.69) is 81.5 Å². The molecule has 0 heterocycles. The third-order valence-electron chi connectivity index (χ3n) is 12.5. The van der Waals surface area contributed by atoms with Crippen molar-refractivity contribution in [2.24, 2.45) is 0 Å². The van der Waals surface area contributed by atoms with Crippen LogP contribution in [0.15, 0.2) is 60.8 Å². The zero-order valence-corrected chi connectivity index (χ0v) is 44.4. The highest BCUT2D eigenvalue weighted by Gasteiger charge is 2.19. The lowest BCUT2D eigenvalue weighted by Crippen LogP contribution is -2.30. The molecule has 0 N–H and O–H groups in total. The van der Waals surface area contributed by atoms with E-state index >= 15 is 0 Å². The maximum absolute atomic E-state index is 12.8. The average Bonchev–Trinajstić information content (AvgIpc) is 3.33. The molecule has 0 radical (unpaired) electrons. The maximum Gasteiger partial charge on any atom is 0.306 e. The van der Waals surface area contributed by atoms with Crippen molar-refractivity contribution >= 4 is 17.9 Å². The van der Waals surface area contributed by atoms with Gasteiger partial charge in [-0.1, -0.05) is 248 Å². The molecule has 0 aromatic rings. The predicted molar refractivity (Wildman–Crippen MR) is 288 cm³/mol. The molecule has 0 aliphatic rings. The molecule has 67 heavy (non-hydrogen) atoms. The number of hydrogen-bond donors (Lipinski definition) is 0. The van der Waals surface area contributed by atoms with Crippen LogP contribution in [0.2, 0.25) is 0 Å². The van der Waals surface area contributed by atoms with Crippen LogP contribution in [0, 0.1) is 0 Å². The molecule has 0 aliphatic carbocycles. The van der Waals surface area contributed by atoms with Crippen molar-refractivity contribution in [3.05, 3.63) is 60.8 Å². The summed E-state index contributed by atoms with van der Waals surface area (Å²) in [5.74, 6) is -0.877. The van der Waals surface area contributed by atoms with E-state index < -0.39 is 6.10 Å². The van der Waals surface area contributed by atoms with E-state index in [0.717, 1.165) is 89.9 Å². The van der Waals surface area contributed by atoms with Gasteiger partial charge in [0.2, 0.25) is 0 Å². The largest absolute Gasteiger partial charge is 0.462 e. The molecule has 6 nitrogen and oxygen atoms in total. The minimum absolute atomic E-state index is 0.0763. The zero-order chi connectivity index (χ0) is 48.6. The molecule has 6 heteroatoms. The molecule has 0 rings (SSSR count). The van der Waals surface area contributed by atoms with Crippen molar-refractivity contribution in [2.45, 2.75) is 297 Å². The van der Waals surface area contributed by atoms with Gasteiger partial charge < -0.3 is 14.2 Å². The molecule has 0 fully saturated rings. The molecule has 0 saturated heterocycles. The number of allylic oxidation sites excluding steroid dienone is 10. The Labute approximate surface area is 415 Å². The highest BCUT2D eigenvalue weighted by Crippen LogP contribution is 2.16. The van der Waals surface area contributed by atoms with Gasteiger partial charge in [-0.2, -0.15) is 0 Å². The van der Waals surface area contributed by atoms with Crippen molar-refractivity contribution in [1.82, 2.24) is 0 Å². The first-order chi connectivity index (χ1) is 33.0. The number of rotatable bonds is 52. The molecule has 0 aromatic carbocycles. The van der Waals surface area contributed by atoms with Gasteiger partial charge in [0.25, 0.3) is 0 Å². The van der Waals surface area contributed by atoms with Crippen LogP contribution in [-0.4, -0.2) is 37.2 Å². The summed E-state index contributed by atoms with van der Waals surface area (Å²) in [5.41, 5.74) is 0. The van der Waals surface area contributed by atoms with Gasteiger partial charge in [0.15, 0.2) is 6.10 Å². The first kappa shape index (κ1) is 64.1. The van der Waals surface area contributed by atoms with Crippen LogP contribution in [0.4, 0.5) is 0 Å². The molecule has 0 bridgehead atoms. The van der Waals surface area contributed by atoms with E-state index in [1.165, 1.54) is 161 Å². The fraction of sp³-hybridized carbons (Fsp3) is 0.787. The summed E-state index contributed by atoms with van der Waals surface area (Å²) in [5, 5.41) is 0. The SMILES string of the molecule is CC/C=C\C/C=C\C/C=C\C/C=C\CCCCCCCCCCCCC(=O)OCC(COC(=O)CCCCCCC/C=C\CCCCC)OC(=O)CCCCCCCCCCCCCCCC. The van der Waals surface area contributed by atoms with Gasteiger partial charge >= 0.3 is 17.9 Å². The van der Waals surface area contributed by atoms with Crippen LogP contribution in [0.3, 0.4) is 0 Å². The second-order valence-electron chi connectivity index (χ2n) is 19.2. The van der Waals surface area contributed by atoms with Gasteiger partial charge in [0.05, 0.1) is 0 Å². The van der Waals surface area contributed by atoms with Crippen molar-refractivity contribution in [3.63, 3.8) is 0 Å². The molecular formula is C61H108O6. The van der Waals surface area contributed by atoms with Crippen LogP contribution < -0.4 is 0 Å². The van der Waals surface area contributed by atoms with E-state index in [0.29, 0.717) is 19.3 Å². The number of hydrogen-bond acceptors (Lipinski definition) is 6. The monoisotopic (exact) mass is 937 g/mol. The highest BCUT2D eigenvalue weighted by molar-refractivity contribution is 5.71. The Morgan fingerprint density at radius 3 is 0.955 bits per heavy atom. The topological polar surface area (TPSA) is 78.9 Å². The van der Waals surface area contributed by atoms with Crippen LogP contribution in [0.5, 0.6) is 0 Å². The Morgan fingerprint density at radius 1 is 0.313 bits per heavy atom. The first-order valence-corrected chi connectivity index (χ1v) is 28.8. The minimum Gasteiger partial charge on any atom is -0.462 e.